The summed E-state index contributed by atoms with van der Waals surface area (Å²) in [5.74, 6) is -0.554. The first-order chi connectivity index (χ1) is 7.14. The maximum absolute atomic E-state index is 12.1. The molecule has 15 heavy (non-hydrogen) atoms. The van der Waals surface area contributed by atoms with Gasteiger partial charge in [-0.05, 0) is 6.92 Å². The van der Waals surface area contributed by atoms with Gasteiger partial charge in [-0.2, -0.15) is 0 Å². The maximum atomic E-state index is 12.1. The zero-order valence-electron chi connectivity index (χ0n) is 8.53. The van der Waals surface area contributed by atoms with Crippen molar-refractivity contribution in [2.24, 2.45) is 5.41 Å². The van der Waals surface area contributed by atoms with Crippen molar-refractivity contribution in [3.63, 3.8) is 0 Å². The van der Waals surface area contributed by atoms with Crippen LogP contribution in [0.25, 0.3) is 0 Å². The topological polar surface area (TPSA) is 43.4 Å². The van der Waals surface area contributed by atoms with Crippen molar-refractivity contribution >= 4 is 11.8 Å². The van der Waals surface area contributed by atoms with E-state index in [1.165, 1.54) is 0 Å². The van der Waals surface area contributed by atoms with Gasteiger partial charge in [0.05, 0.1) is 6.61 Å². The van der Waals surface area contributed by atoms with E-state index < -0.39 is 11.4 Å². The third kappa shape index (κ3) is 1.54. The van der Waals surface area contributed by atoms with E-state index in [1.807, 2.05) is 6.07 Å². The van der Waals surface area contributed by atoms with Gasteiger partial charge >= 0.3 is 5.97 Å². The van der Waals surface area contributed by atoms with Crippen LogP contribution in [0, 0.1) is 5.41 Å². The predicted octanol–water partition coefficient (Wildman–Crippen LogP) is 1.82. The van der Waals surface area contributed by atoms with Crippen LogP contribution in [-0.2, 0) is 9.53 Å². The van der Waals surface area contributed by atoms with Crippen molar-refractivity contribution < 1.29 is 14.3 Å². The molecule has 0 aromatic heterocycles. The van der Waals surface area contributed by atoms with E-state index in [-0.39, 0.29) is 5.78 Å². The third-order valence-corrected chi connectivity index (χ3v) is 2.82. The zero-order chi connectivity index (χ0) is 10.9. The molecule has 1 aliphatic heterocycles. The van der Waals surface area contributed by atoms with Crippen molar-refractivity contribution in [2.75, 3.05) is 6.61 Å². The SMILES string of the molecule is CC1(C(=O)c2ccccc2)CCOC1=O. The fourth-order valence-electron chi connectivity index (χ4n) is 1.72. The van der Waals surface area contributed by atoms with Crippen LogP contribution in [0.2, 0.25) is 0 Å². The summed E-state index contributed by atoms with van der Waals surface area (Å²) >= 11 is 0. The second-order valence-electron chi connectivity index (χ2n) is 3.91. The average molecular weight is 204 g/mol. The van der Waals surface area contributed by atoms with E-state index in [0.717, 1.165) is 0 Å². The van der Waals surface area contributed by atoms with E-state index in [9.17, 15) is 9.59 Å². The second kappa shape index (κ2) is 3.50. The normalized spacial score (nSPS) is 25.0. The zero-order valence-corrected chi connectivity index (χ0v) is 8.53. The maximum Gasteiger partial charge on any atom is 0.319 e. The third-order valence-electron chi connectivity index (χ3n) is 2.82. The summed E-state index contributed by atoms with van der Waals surface area (Å²) in [6, 6.07) is 8.86. The number of rotatable bonds is 2. The van der Waals surface area contributed by atoms with E-state index in [4.69, 9.17) is 4.74 Å². The highest BCUT2D eigenvalue weighted by atomic mass is 16.5. The molecule has 1 aromatic carbocycles. The van der Waals surface area contributed by atoms with Crippen LogP contribution in [0.3, 0.4) is 0 Å². The second-order valence-corrected chi connectivity index (χ2v) is 3.91. The van der Waals surface area contributed by atoms with Gasteiger partial charge in [0.25, 0.3) is 0 Å². The van der Waals surface area contributed by atoms with Crippen LogP contribution in [0.5, 0.6) is 0 Å². The minimum atomic E-state index is -0.985. The van der Waals surface area contributed by atoms with Crippen LogP contribution < -0.4 is 0 Å². The van der Waals surface area contributed by atoms with Crippen LogP contribution in [-0.4, -0.2) is 18.4 Å². The molecular weight excluding hydrogens is 192 g/mol. The molecule has 0 saturated carbocycles. The highest BCUT2D eigenvalue weighted by molar-refractivity contribution is 6.12. The van der Waals surface area contributed by atoms with Gasteiger partial charge in [0, 0.05) is 12.0 Å². The number of carbonyl (C=O) groups excluding carboxylic acids is 2. The molecule has 1 heterocycles. The Morgan fingerprint density at radius 3 is 2.53 bits per heavy atom. The molecule has 0 bridgehead atoms. The molecule has 1 aromatic rings. The Balaban J connectivity index is 2.33. The van der Waals surface area contributed by atoms with E-state index >= 15 is 0 Å². The smallest absolute Gasteiger partial charge is 0.319 e. The molecule has 0 N–H and O–H groups in total. The molecule has 3 heteroatoms. The molecule has 0 amide bonds. The minimum Gasteiger partial charge on any atom is -0.465 e. The highest BCUT2D eigenvalue weighted by Crippen LogP contribution is 2.33. The Morgan fingerprint density at radius 1 is 1.33 bits per heavy atom. The Morgan fingerprint density at radius 2 is 2.00 bits per heavy atom. The standard InChI is InChI=1S/C12H12O3/c1-12(7-8-15-11(12)14)10(13)9-5-3-2-4-6-9/h2-6H,7-8H2,1H3. The van der Waals surface area contributed by atoms with Gasteiger partial charge in [0.2, 0.25) is 0 Å². The van der Waals surface area contributed by atoms with Gasteiger partial charge in [-0.3, -0.25) is 9.59 Å². The van der Waals surface area contributed by atoms with Gasteiger partial charge < -0.3 is 4.74 Å². The van der Waals surface area contributed by atoms with Crippen molar-refractivity contribution in [3.8, 4) is 0 Å². The van der Waals surface area contributed by atoms with Gasteiger partial charge in [0.15, 0.2) is 5.78 Å². The largest absolute Gasteiger partial charge is 0.465 e. The van der Waals surface area contributed by atoms with Crippen molar-refractivity contribution in [3.05, 3.63) is 35.9 Å². The predicted molar refractivity (Wildman–Crippen MR) is 54.5 cm³/mol. The van der Waals surface area contributed by atoms with Gasteiger partial charge in [-0.25, -0.2) is 0 Å². The van der Waals surface area contributed by atoms with Crippen LogP contribution in [0.15, 0.2) is 30.3 Å². The van der Waals surface area contributed by atoms with E-state index in [2.05, 4.69) is 0 Å². The van der Waals surface area contributed by atoms with Gasteiger partial charge in [-0.15, -0.1) is 0 Å². The quantitative estimate of drug-likeness (QED) is 0.419. The average Bonchev–Trinajstić information content (AvgIpc) is 2.61. The number of carbonyl (C=O) groups is 2. The first-order valence-corrected chi connectivity index (χ1v) is 4.92. The molecule has 3 nitrogen and oxygen atoms in total. The van der Waals surface area contributed by atoms with Crippen molar-refractivity contribution in [1.82, 2.24) is 0 Å². The van der Waals surface area contributed by atoms with E-state index in [1.54, 1.807) is 31.2 Å². The van der Waals surface area contributed by atoms with Gasteiger partial charge in [0.1, 0.15) is 5.41 Å². The van der Waals surface area contributed by atoms with Gasteiger partial charge in [-0.1, -0.05) is 30.3 Å². The molecular formula is C12H12O3. The fourth-order valence-corrected chi connectivity index (χ4v) is 1.72. The number of ether oxygens (including phenoxy) is 1. The molecule has 0 spiro atoms. The number of esters is 1. The molecule has 1 aliphatic rings. The van der Waals surface area contributed by atoms with E-state index in [0.29, 0.717) is 18.6 Å². The molecule has 1 fully saturated rings. The van der Waals surface area contributed by atoms with Crippen molar-refractivity contribution in [2.45, 2.75) is 13.3 Å². The number of Topliss-reactive ketones (excluding diaryl/α,β-unsaturated/α-hetero) is 1. The first kappa shape index (κ1) is 9.90. The molecule has 0 radical (unpaired) electrons. The monoisotopic (exact) mass is 204 g/mol. The number of hydrogen-bond donors (Lipinski definition) is 0. The lowest BCUT2D eigenvalue weighted by Crippen LogP contribution is -2.32. The molecule has 1 unspecified atom stereocenters. The minimum absolute atomic E-state index is 0.148. The van der Waals surface area contributed by atoms with Crippen LogP contribution in [0.4, 0.5) is 0 Å². The lowest BCUT2D eigenvalue weighted by Gasteiger charge is -2.16. The summed E-state index contributed by atoms with van der Waals surface area (Å²) in [7, 11) is 0. The fraction of sp³-hybridized carbons (Fsp3) is 0.333. The Labute approximate surface area is 88.1 Å². The lowest BCUT2D eigenvalue weighted by atomic mass is 9.81. The Bertz CT molecular complexity index is 397. The summed E-state index contributed by atoms with van der Waals surface area (Å²) in [6.07, 6.45) is 0.472. The molecule has 1 saturated heterocycles. The van der Waals surface area contributed by atoms with Crippen molar-refractivity contribution in [1.29, 1.82) is 0 Å². The Kier molecular flexibility index (Phi) is 2.31. The molecule has 0 aliphatic carbocycles. The number of benzene rings is 1. The molecule has 1 atom stereocenters. The Hall–Kier alpha value is -1.64. The molecule has 78 valence electrons. The molecule has 2 rings (SSSR count). The van der Waals surface area contributed by atoms with Crippen LogP contribution in [0.1, 0.15) is 23.7 Å². The van der Waals surface area contributed by atoms with Crippen LogP contribution >= 0.6 is 0 Å². The number of hydrogen-bond acceptors (Lipinski definition) is 3. The number of ketones is 1. The summed E-state index contributed by atoms with van der Waals surface area (Å²) in [4.78, 5) is 23.5. The lowest BCUT2D eigenvalue weighted by molar-refractivity contribution is -0.143. The highest BCUT2D eigenvalue weighted by Gasteiger charge is 2.46. The number of cyclic esters (lactones) is 1. The summed E-state index contributed by atoms with van der Waals surface area (Å²) < 4.78 is 4.85. The first-order valence-electron chi connectivity index (χ1n) is 4.92. The summed E-state index contributed by atoms with van der Waals surface area (Å²) in [6.45, 7) is 1.99. The summed E-state index contributed by atoms with van der Waals surface area (Å²) in [5.41, 5.74) is -0.416. The summed E-state index contributed by atoms with van der Waals surface area (Å²) in [5, 5.41) is 0.